The number of aromatic nitrogens is 1. The minimum atomic E-state index is 0.0985. The fourth-order valence-electron chi connectivity index (χ4n) is 2.42. The summed E-state index contributed by atoms with van der Waals surface area (Å²) in [5, 5.41) is 1.14. The Labute approximate surface area is 118 Å². The van der Waals surface area contributed by atoms with Crippen LogP contribution in [0.25, 0.3) is 10.9 Å². The van der Waals surface area contributed by atoms with E-state index in [1.54, 1.807) is 6.92 Å². The molecule has 0 N–H and O–H groups in total. The van der Waals surface area contributed by atoms with Crippen LogP contribution in [0.3, 0.4) is 0 Å². The van der Waals surface area contributed by atoms with Crippen molar-refractivity contribution in [1.82, 2.24) is 4.98 Å². The number of para-hydroxylation sites is 1. The molecule has 0 aliphatic carbocycles. The number of nitrogens with zero attached hydrogens (tertiary/aromatic N) is 1. The summed E-state index contributed by atoms with van der Waals surface area (Å²) in [7, 11) is 0. The molecular weight excluding hydrogens is 246 g/mol. The minimum absolute atomic E-state index is 0.0985. The van der Waals surface area contributed by atoms with E-state index in [1.807, 2.05) is 48.5 Å². The van der Waals surface area contributed by atoms with Gasteiger partial charge in [-0.3, -0.25) is 9.78 Å². The maximum absolute atomic E-state index is 11.6. The molecule has 0 aliphatic rings. The average molecular weight is 261 g/mol. The molecule has 0 spiro atoms. The molecular formula is C18H15NO. The minimum Gasteiger partial charge on any atom is -0.295 e. The third-order valence-corrected chi connectivity index (χ3v) is 3.42. The molecule has 98 valence electrons. The van der Waals surface area contributed by atoms with Gasteiger partial charge in [-0.25, -0.2) is 0 Å². The fraction of sp³-hybridized carbons (Fsp3) is 0.111. The zero-order valence-corrected chi connectivity index (χ0v) is 11.3. The number of pyridine rings is 1. The normalized spacial score (nSPS) is 10.7. The summed E-state index contributed by atoms with van der Waals surface area (Å²) in [6, 6.07) is 19.9. The second-order valence-electron chi connectivity index (χ2n) is 4.89. The summed E-state index contributed by atoms with van der Waals surface area (Å²) < 4.78 is 0. The number of carbonyl (C=O) groups is 1. The van der Waals surface area contributed by atoms with Gasteiger partial charge in [0.25, 0.3) is 0 Å². The number of fused-ring (bicyclic) bond motifs is 1. The maximum atomic E-state index is 11.6. The lowest BCUT2D eigenvalue weighted by molar-refractivity contribution is 0.101. The molecule has 3 rings (SSSR count). The highest BCUT2D eigenvalue weighted by Crippen LogP contribution is 2.17. The van der Waals surface area contributed by atoms with Crippen LogP contribution < -0.4 is 0 Å². The number of carbonyl (C=O) groups excluding carboxylic acids is 1. The monoisotopic (exact) mass is 261 g/mol. The summed E-state index contributed by atoms with van der Waals surface area (Å²) in [5.74, 6) is 0.0985. The molecule has 0 aliphatic heterocycles. The Bertz CT molecular complexity index is 777. The fourth-order valence-corrected chi connectivity index (χ4v) is 2.42. The van der Waals surface area contributed by atoms with Crippen LogP contribution in [0.1, 0.15) is 28.5 Å². The van der Waals surface area contributed by atoms with Gasteiger partial charge in [0.2, 0.25) is 0 Å². The van der Waals surface area contributed by atoms with Crippen LogP contribution >= 0.6 is 0 Å². The quantitative estimate of drug-likeness (QED) is 0.666. The van der Waals surface area contributed by atoms with E-state index in [0.717, 1.165) is 27.7 Å². The molecule has 0 unspecified atom stereocenters. The third-order valence-electron chi connectivity index (χ3n) is 3.42. The van der Waals surface area contributed by atoms with Crippen molar-refractivity contribution in [3.63, 3.8) is 0 Å². The van der Waals surface area contributed by atoms with Crippen LogP contribution in [0.5, 0.6) is 0 Å². The Kier molecular flexibility index (Phi) is 3.30. The van der Waals surface area contributed by atoms with E-state index in [1.165, 1.54) is 0 Å². The molecule has 0 fully saturated rings. The molecule has 0 atom stereocenters. The molecule has 2 heteroatoms. The van der Waals surface area contributed by atoms with Gasteiger partial charge in [-0.2, -0.15) is 0 Å². The van der Waals surface area contributed by atoms with Crippen molar-refractivity contribution >= 4 is 16.7 Å². The third kappa shape index (κ3) is 2.45. The molecule has 3 aromatic rings. The summed E-state index contributed by atoms with van der Waals surface area (Å²) in [6.45, 7) is 1.60. The van der Waals surface area contributed by atoms with Crippen molar-refractivity contribution in [1.29, 1.82) is 0 Å². The van der Waals surface area contributed by atoms with E-state index in [-0.39, 0.29) is 5.78 Å². The largest absolute Gasteiger partial charge is 0.295 e. The van der Waals surface area contributed by atoms with Gasteiger partial charge < -0.3 is 0 Å². The lowest BCUT2D eigenvalue weighted by atomic mass is 10.00. The number of Topliss-reactive ketones (excluding diaryl/α,β-unsaturated/α-hetero) is 1. The smallest absolute Gasteiger partial charge is 0.160 e. The summed E-state index contributed by atoms with van der Waals surface area (Å²) in [5.41, 5.74) is 3.79. The molecule has 0 saturated carbocycles. The molecule has 0 saturated heterocycles. The van der Waals surface area contributed by atoms with Gasteiger partial charge in [-0.15, -0.1) is 0 Å². The zero-order valence-electron chi connectivity index (χ0n) is 11.3. The van der Waals surface area contributed by atoms with E-state index >= 15 is 0 Å². The van der Waals surface area contributed by atoms with E-state index in [0.29, 0.717) is 6.42 Å². The highest BCUT2D eigenvalue weighted by atomic mass is 16.1. The first-order chi connectivity index (χ1) is 9.74. The Balaban J connectivity index is 1.99. The topological polar surface area (TPSA) is 30.0 Å². The van der Waals surface area contributed by atoms with Crippen LogP contribution in [0.4, 0.5) is 0 Å². The van der Waals surface area contributed by atoms with Crippen molar-refractivity contribution in [2.45, 2.75) is 13.3 Å². The lowest BCUT2D eigenvalue weighted by Crippen LogP contribution is -2.01. The first-order valence-corrected chi connectivity index (χ1v) is 6.67. The van der Waals surface area contributed by atoms with Crippen molar-refractivity contribution < 1.29 is 4.79 Å². The second kappa shape index (κ2) is 5.25. The van der Waals surface area contributed by atoms with Crippen LogP contribution in [0, 0.1) is 0 Å². The molecule has 1 heterocycles. The summed E-state index contributed by atoms with van der Waals surface area (Å²) >= 11 is 0. The molecule has 2 nitrogen and oxygen atoms in total. The first kappa shape index (κ1) is 12.5. The number of hydrogen-bond acceptors (Lipinski definition) is 2. The van der Waals surface area contributed by atoms with E-state index in [4.69, 9.17) is 0 Å². The van der Waals surface area contributed by atoms with Gasteiger partial charge in [0, 0.05) is 23.1 Å². The van der Waals surface area contributed by atoms with Crippen molar-refractivity contribution in [2.24, 2.45) is 0 Å². The Morgan fingerprint density at radius 2 is 1.70 bits per heavy atom. The number of hydrogen-bond donors (Lipinski definition) is 0. The predicted molar refractivity (Wildman–Crippen MR) is 81.0 cm³/mol. The van der Waals surface area contributed by atoms with Crippen LogP contribution in [-0.2, 0) is 6.42 Å². The zero-order chi connectivity index (χ0) is 13.9. The summed E-state index contributed by atoms with van der Waals surface area (Å²) in [6.07, 6.45) is 0.681. The predicted octanol–water partition coefficient (Wildman–Crippen LogP) is 4.03. The molecule has 0 amide bonds. The van der Waals surface area contributed by atoms with Gasteiger partial charge in [0.15, 0.2) is 5.78 Å². The number of benzene rings is 2. The van der Waals surface area contributed by atoms with E-state index in [9.17, 15) is 4.79 Å². The molecule has 20 heavy (non-hydrogen) atoms. The van der Waals surface area contributed by atoms with Gasteiger partial charge in [-0.1, -0.05) is 48.5 Å². The SMILES string of the molecule is CC(=O)c1ccccc1Cc1ccc2ccccc2n1. The average Bonchev–Trinajstić information content (AvgIpc) is 2.47. The summed E-state index contributed by atoms with van der Waals surface area (Å²) in [4.78, 5) is 16.3. The van der Waals surface area contributed by atoms with Crippen molar-refractivity contribution in [3.8, 4) is 0 Å². The van der Waals surface area contributed by atoms with Gasteiger partial charge in [-0.05, 0) is 24.6 Å². The maximum Gasteiger partial charge on any atom is 0.160 e. The molecule has 0 bridgehead atoms. The van der Waals surface area contributed by atoms with Crippen LogP contribution in [-0.4, -0.2) is 10.8 Å². The Morgan fingerprint density at radius 1 is 0.950 bits per heavy atom. The number of ketones is 1. The molecule has 2 aromatic carbocycles. The molecule has 0 radical (unpaired) electrons. The van der Waals surface area contributed by atoms with Gasteiger partial charge in [0.1, 0.15) is 0 Å². The first-order valence-electron chi connectivity index (χ1n) is 6.67. The Morgan fingerprint density at radius 3 is 2.55 bits per heavy atom. The highest BCUT2D eigenvalue weighted by molar-refractivity contribution is 5.95. The van der Waals surface area contributed by atoms with Crippen LogP contribution in [0.2, 0.25) is 0 Å². The van der Waals surface area contributed by atoms with E-state index in [2.05, 4.69) is 17.1 Å². The molecule has 1 aromatic heterocycles. The highest BCUT2D eigenvalue weighted by Gasteiger charge is 2.07. The van der Waals surface area contributed by atoms with Gasteiger partial charge in [0.05, 0.1) is 5.52 Å². The van der Waals surface area contributed by atoms with Crippen LogP contribution in [0.15, 0.2) is 60.7 Å². The second-order valence-corrected chi connectivity index (χ2v) is 4.89. The number of rotatable bonds is 3. The standard InChI is InChI=1S/C18H15NO/c1-13(20)17-8-4-2-7-15(17)12-16-11-10-14-6-3-5-9-18(14)19-16/h2-11H,12H2,1H3. The van der Waals surface area contributed by atoms with E-state index < -0.39 is 0 Å². The van der Waals surface area contributed by atoms with Crippen molar-refractivity contribution in [3.05, 3.63) is 77.5 Å². The Hall–Kier alpha value is -2.48. The van der Waals surface area contributed by atoms with Crippen molar-refractivity contribution in [2.75, 3.05) is 0 Å². The lowest BCUT2D eigenvalue weighted by Gasteiger charge is -2.07. The van der Waals surface area contributed by atoms with Gasteiger partial charge >= 0.3 is 0 Å².